The summed E-state index contributed by atoms with van der Waals surface area (Å²) in [7, 11) is 0. The number of aromatic nitrogens is 5. The number of ketones is 1. The molecule has 2 aliphatic heterocycles. The van der Waals surface area contributed by atoms with Crippen molar-refractivity contribution in [3.8, 4) is 11.5 Å². The summed E-state index contributed by atoms with van der Waals surface area (Å²) in [5.41, 5.74) is 3.08. The summed E-state index contributed by atoms with van der Waals surface area (Å²) in [6.07, 6.45) is -1.69. The van der Waals surface area contributed by atoms with Crippen molar-refractivity contribution in [1.29, 1.82) is 0 Å². The number of esters is 4. The predicted molar refractivity (Wildman–Crippen MR) is 389 cm³/mol. The van der Waals surface area contributed by atoms with E-state index < -0.39 is 82.0 Å². The second kappa shape index (κ2) is 30.5. The molecule has 1 fully saturated rings. The monoisotopic (exact) mass is 1430 g/mol. The van der Waals surface area contributed by atoms with Gasteiger partial charge in [0.05, 0.1) is 0 Å². The normalized spacial score (nSPS) is 14.5. The molecule has 0 spiro atoms. The number of thiazole rings is 1. The van der Waals surface area contributed by atoms with Crippen molar-refractivity contribution in [3.63, 3.8) is 0 Å². The average molecular weight is 1430 g/mol. The summed E-state index contributed by atoms with van der Waals surface area (Å²) in [6.45, 7) is 6.94. The number of oxime groups is 1. The predicted octanol–water partition coefficient (Wildman–Crippen LogP) is 13.3. The van der Waals surface area contributed by atoms with Crippen molar-refractivity contribution < 1.29 is 57.3 Å². The SMILES string of the molecule is CC(=O)Oc1ccc(C(=O)C(C)(C)O/N=C(\C(=O)N[C@@H]2C(=O)N3C(C(=O)OC(c4ccccc4)c4ccccc4)=C(CSc4cc(C)nc5nc(C(=O)OC(c6ccccc6)c6ccccc6)nn45)CS[C@H]23)c2csc(NC(c3ccccc3)(c3ccccc3)c3ccccc3)n2)cc1OC(C)=O. The van der Waals surface area contributed by atoms with E-state index in [-0.39, 0.29) is 51.6 Å². The number of aryl methyl sites for hydroxylation is 1. The van der Waals surface area contributed by atoms with Crippen molar-refractivity contribution in [2.45, 2.75) is 74.4 Å². The number of β-lactam (4-membered cyclic amide) rings is 1. The Balaban J connectivity index is 0.836. The first-order chi connectivity index (χ1) is 49.9. The van der Waals surface area contributed by atoms with E-state index in [4.69, 9.17) is 28.8 Å². The topological polar surface area (TPSA) is 261 Å². The third-order valence-electron chi connectivity index (χ3n) is 16.9. The summed E-state index contributed by atoms with van der Waals surface area (Å²) in [5.74, 6) is -5.47. The molecular weight excluding hydrogens is 1360 g/mol. The van der Waals surface area contributed by atoms with E-state index in [0.29, 0.717) is 32.6 Å². The number of amides is 2. The first-order valence-electron chi connectivity index (χ1n) is 32.6. The minimum Gasteiger partial charge on any atom is -0.448 e. The van der Waals surface area contributed by atoms with Gasteiger partial charge >= 0.3 is 23.9 Å². The number of ether oxygens (including phenoxy) is 4. The molecule has 2 atom stereocenters. The molecule has 5 heterocycles. The van der Waals surface area contributed by atoms with Gasteiger partial charge in [0.15, 0.2) is 40.2 Å². The van der Waals surface area contributed by atoms with Gasteiger partial charge in [0, 0.05) is 42.0 Å². The Kier molecular flexibility index (Phi) is 20.6. The van der Waals surface area contributed by atoms with Crippen LogP contribution in [-0.2, 0) is 43.8 Å². The van der Waals surface area contributed by atoms with Crippen LogP contribution in [0.15, 0.2) is 263 Å². The fourth-order valence-corrected chi connectivity index (χ4v) is 15.3. The molecule has 0 saturated carbocycles. The van der Waals surface area contributed by atoms with Crippen molar-refractivity contribution in [2.24, 2.45) is 5.16 Å². The van der Waals surface area contributed by atoms with E-state index in [1.165, 1.54) is 83.2 Å². The molecule has 0 radical (unpaired) electrons. The highest BCUT2D eigenvalue weighted by molar-refractivity contribution is 8.01. The third-order valence-corrected chi connectivity index (χ3v) is 20.0. The molecular formula is C79H65N9O12S3. The highest BCUT2D eigenvalue weighted by Crippen LogP contribution is 2.45. The number of rotatable bonds is 25. The Hall–Kier alpha value is -11.9. The van der Waals surface area contributed by atoms with E-state index in [0.717, 1.165) is 34.7 Å². The first kappa shape index (κ1) is 69.6. The van der Waals surface area contributed by atoms with Crippen LogP contribution in [0.25, 0.3) is 5.78 Å². The van der Waals surface area contributed by atoms with Gasteiger partial charge in [-0.05, 0) is 89.6 Å². The van der Waals surface area contributed by atoms with Gasteiger partial charge in [0.2, 0.25) is 5.78 Å². The van der Waals surface area contributed by atoms with Crippen LogP contribution in [0.2, 0.25) is 0 Å². The van der Waals surface area contributed by atoms with Crippen molar-refractivity contribution in [1.82, 2.24) is 34.8 Å². The van der Waals surface area contributed by atoms with Gasteiger partial charge in [-0.3, -0.25) is 28.9 Å². The van der Waals surface area contributed by atoms with E-state index in [2.05, 4.69) is 30.9 Å². The third kappa shape index (κ3) is 15.1. The number of hydrogen-bond donors (Lipinski definition) is 2. The molecule has 0 bridgehead atoms. The molecule has 103 heavy (non-hydrogen) atoms. The smallest absolute Gasteiger partial charge is 0.379 e. The molecule has 21 nitrogen and oxygen atoms in total. The van der Waals surface area contributed by atoms with Crippen LogP contribution >= 0.6 is 34.9 Å². The van der Waals surface area contributed by atoms with Crippen LogP contribution in [0.5, 0.6) is 11.5 Å². The van der Waals surface area contributed by atoms with Gasteiger partial charge in [0.1, 0.15) is 33.4 Å². The number of anilines is 1. The number of nitrogens with zero attached hydrogens (tertiary/aromatic N) is 7. The number of nitrogens with one attached hydrogen (secondary N) is 2. The second-order valence-corrected chi connectivity index (χ2v) is 27.4. The molecule has 2 amide bonds. The Morgan fingerprint density at radius 3 is 1.63 bits per heavy atom. The molecule has 1 saturated heterocycles. The fraction of sp³-hybridized carbons (Fsp3) is 0.165. The lowest BCUT2D eigenvalue weighted by Gasteiger charge is -2.49. The highest BCUT2D eigenvalue weighted by Gasteiger charge is 2.55. The number of hydrogen-bond acceptors (Lipinski definition) is 21. The standard InChI is InChI=1S/C79H65N9O12S3/c1-48-43-63(88-76(80-48)83-70(85-88)75(95)99-68(53-31-17-8-18-32-53)54-33-19-9-20-34-54)101-45-56-46-102-73-65(72(93)87(73)66(56)74(94)98-67(51-27-13-6-14-28-51)52-29-15-7-16-30-52)82-71(92)64(86-100-78(4,5)69(91)55-41-42-61(96-49(2)89)62(44-55)97-50(3)90)60-47-103-77(81-60)84-79(57-35-21-10-22-36-57,58-37-23-11-24-38-58)59-39-25-12-26-40-59/h6-44,47,65,67-68,73H,45-46H2,1-5H3,(H,81,84)(H,82,92)/b86-64-/t65-,73-/m1/s1. The van der Waals surface area contributed by atoms with Gasteiger partial charge in [-0.2, -0.15) is 9.50 Å². The largest absolute Gasteiger partial charge is 0.448 e. The fourth-order valence-electron chi connectivity index (χ4n) is 12.0. The summed E-state index contributed by atoms with van der Waals surface area (Å²) < 4.78 is 24.7. The lowest BCUT2D eigenvalue weighted by molar-refractivity contribution is -0.154. The van der Waals surface area contributed by atoms with Crippen molar-refractivity contribution in [3.05, 3.63) is 315 Å². The van der Waals surface area contributed by atoms with E-state index in [1.807, 2.05) is 212 Å². The number of carbonyl (C=O) groups excluding carboxylic acids is 7. The van der Waals surface area contributed by atoms with Crippen LogP contribution in [-0.4, -0.2) is 105 Å². The molecule has 13 rings (SSSR count). The van der Waals surface area contributed by atoms with Crippen LogP contribution in [0, 0.1) is 6.92 Å². The maximum absolute atomic E-state index is 15.4. The van der Waals surface area contributed by atoms with Crippen LogP contribution in [0.1, 0.15) is 111 Å². The molecule has 11 aromatic rings. The second-order valence-electron chi connectivity index (χ2n) is 24.4. The zero-order valence-electron chi connectivity index (χ0n) is 56.1. The summed E-state index contributed by atoms with van der Waals surface area (Å²) >= 11 is 3.74. The van der Waals surface area contributed by atoms with E-state index in [9.17, 15) is 19.2 Å². The maximum Gasteiger partial charge on any atom is 0.379 e. The summed E-state index contributed by atoms with van der Waals surface area (Å²) in [5, 5.41) is 17.2. The van der Waals surface area contributed by atoms with Crippen LogP contribution in [0.4, 0.5) is 5.13 Å². The zero-order valence-corrected chi connectivity index (χ0v) is 58.5. The quantitative estimate of drug-likeness (QED) is 0.00620. The van der Waals surface area contributed by atoms with Gasteiger partial charge in [0.25, 0.3) is 23.4 Å². The van der Waals surface area contributed by atoms with Gasteiger partial charge < -0.3 is 34.4 Å². The molecule has 8 aromatic carbocycles. The van der Waals surface area contributed by atoms with E-state index >= 15 is 14.4 Å². The number of thioether (sulfide) groups is 2. The number of benzene rings is 8. The van der Waals surface area contributed by atoms with Gasteiger partial charge in [-0.25, -0.2) is 19.6 Å². The van der Waals surface area contributed by atoms with Gasteiger partial charge in [-0.1, -0.05) is 217 Å². The molecule has 516 valence electrons. The van der Waals surface area contributed by atoms with Crippen molar-refractivity contribution >= 4 is 93.0 Å². The summed E-state index contributed by atoms with van der Waals surface area (Å²) in [6, 6.07) is 71.0. The average Bonchev–Trinajstić information content (AvgIpc) is 1.61. The molecule has 2 aliphatic rings. The lowest BCUT2D eigenvalue weighted by Crippen LogP contribution is -2.71. The molecule has 3 aromatic heterocycles. The number of carbonyl (C=O) groups is 7. The Labute approximate surface area is 604 Å². The molecule has 24 heteroatoms. The Morgan fingerprint density at radius 2 is 1.12 bits per heavy atom. The minimum absolute atomic E-state index is 0.00380. The molecule has 0 unspecified atom stereocenters. The number of fused-ring (bicyclic) bond motifs is 2. The molecule has 0 aliphatic carbocycles. The zero-order chi connectivity index (χ0) is 71.8. The minimum atomic E-state index is -1.87. The van der Waals surface area contributed by atoms with Crippen LogP contribution < -0.4 is 20.1 Å². The van der Waals surface area contributed by atoms with Crippen molar-refractivity contribution in [2.75, 3.05) is 16.8 Å². The number of Topliss-reactive ketones (excluding diaryl/α,β-unsaturated/α-hetero) is 1. The maximum atomic E-state index is 15.4. The Bertz CT molecular complexity index is 4870. The Morgan fingerprint density at radius 1 is 0.621 bits per heavy atom. The summed E-state index contributed by atoms with van der Waals surface area (Å²) in [4.78, 5) is 121. The van der Waals surface area contributed by atoms with Gasteiger partial charge in [-0.15, -0.1) is 40.0 Å². The van der Waals surface area contributed by atoms with Crippen LogP contribution in [0.3, 0.4) is 0 Å². The lowest BCUT2D eigenvalue weighted by atomic mass is 9.77. The molecule has 2 N–H and O–H groups in total. The first-order valence-corrected chi connectivity index (χ1v) is 35.5. The highest BCUT2D eigenvalue weighted by atomic mass is 32.2. The van der Waals surface area contributed by atoms with E-state index in [1.54, 1.807) is 18.4 Å².